The van der Waals surface area contributed by atoms with E-state index < -0.39 is 16.1 Å². The molecule has 64 heavy (non-hydrogen) atoms. The fourth-order valence-corrected chi connectivity index (χ4v) is 18.8. The van der Waals surface area contributed by atoms with E-state index in [2.05, 4.69) is 242 Å². The molecule has 11 aromatic carbocycles. The number of anilines is 6. The molecule has 0 aliphatic carbocycles. The summed E-state index contributed by atoms with van der Waals surface area (Å²) in [4.78, 5) is 5.18. The maximum absolute atomic E-state index is 2.59. The van der Waals surface area contributed by atoms with Crippen molar-refractivity contribution in [1.29, 1.82) is 0 Å². The van der Waals surface area contributed by atoms with Crippen molar-refractivity contribution in [2.45, 2.75) is 26.2 Å². The highest BCUT2D eigenvalue weighted by Gasteiger charge is 2.42. The number of hydrogen-bond donors (Lipinski definition) is 0. The molecule has 0 bridgehead atoms. The minimum Gasteiger partial charge on any atom is -0.310 e. The molecule has 0 aromatic heterocycles. The zero-order valence-electron chi connectivity index (χ0n) is 36.5. The van der Waals surface area contributed by atoms with E-state index in [0.717, 1.165) is 11.4 Å². The normalized spacial score (nSPS) is 14.2. The van der Waals surface area contributed by atoms with E-state index in [0.29, 0.717) is 0 Å². The van der Waals surface area contributed by atoms with Gasteiger partial charge in [-0.3, -0.25) is 0 Å². The molecule has 0 saturated heterocycles. The predicted octanol–water partition coefficient (Wildman–Crippen LogP) is 14.3. The molecule has 304 valence electrons. The van der Waals surface area contributed by atoms with Gasteiger partial charge in [-0.15, -0.1) is 0 Å². The summed E-state index contributed by atoms with van der Waals surface area (Å²) in [7, 11) is -4.21. The lowest BCUT2D eigenvalue weighted by atomic mass is 9.87. The molecule has 0 unspecified atom stereocenters. The zero-order valence-corrected chi connectivity index (χ0v) is 38.5. The Labute approximate surface area is 376 Å². The van der Waals surface area contributed by atoms with E-state index in [4.69, 9.17) is 0 Å². The summed E-state index contributed by atoms with van der Waals surface area (Å²) < 4.78 is 0. The van der Waals surface area contributed by atoms with Crippen LogP contribution in [0.3, 0.4) is 0 Å². The van der Waals surface area contributed by atoms with Crippen molar-refractivity contribution in [3.8, 4) is 22.3 Å². The van der Waals surface area contributed by atoms with Gasteiger partial charge < -0.3 is 9.80 Å². The fraction of sp³-hybridized carbons (Fsp3) is 0.0667. The second-order valence-corrected chi connectivity index (χ2v) is 27.4. The Morgan fingerprint density at radius 2 is 0.641 bits per heavy atom. The number of nitrogens with zero attached hydrogens (tertiary/aromatic N) is 2. The third kappa shape index (κ3) is 5.06. The molecule has 2 aliphatic rings. The van der Waals surface area contributed by atoms with Crippen LogP contribution in [0.2, 0.25) is 26.2 Å². The van der Waals surface area contributed by atoms with Gasteiger partial charge in [-0.25, -0.2) is 0 Å². The number of hydrogen-bond acceptors (Lipinski definition) is 2. The van der Waals surface area contributed by atoms with Crippen molar-refractivity contribution < 1.29 is 0 Å². The SMILES string of the molecule is C[Si]1(C)c2ccccc2-c2cccc(N(c3ccccc3)c3ccc4ccc5ccc(N(c6ccccc6)c6cccc7c6[Si](C)(C)c6ccccc6-7)c6c7ccccc7c3c4c56)c21. The molecule has 2 aliphatic heterocycles. The standard InChI is InChI=1S/C60H46N2Si2/c1-63(2)53-31-15-13-23-43(53)47-27-17-29-51(59(47)63)61(41-19-7-5-8-20-41)49-37-35-39-33-34-40-36-38-50(58-46-26-12-11-25-45(46)57(49)55(39)56(40)58)62(42-21-9-6-10-22-42)52-30-18-28-48-44-24-14-16-32-54(44)64(3,4)60(48)52/h5-38H,1-4H3. The Hall–Kier alpha value is -7.25. The lowest BCUT2D eigenvalue weighted by Crippen LogP contribution is -2.50. The molecule has 0 radical (unpaired) electrons. The van der Waals surface area contributed by atoms with Gasteiger partial charge in [-0.2, -0.15) is 0 Å². The van der Waals surface area contributed by atoms with Gasteiger partial charge in [0, 0.05) is 44.3 Å². The lowest BCUT2D eigenvalue weighted by Gasteiger charge is -2.34. The summed E-state index contributed by atoms with van der Waals surface area (Å²) in [6.45, 7) is 10.1. The Morgan fingerprint density at radius 1 is 0.281 bits per heavy atom. The average molecular weight is 851 g/mol. The van der Waals surface area contributed by atoms with Gasteiger partial charge in [-0.1, -0.05) is 184 Å². The van der Waals surface area contributed by atoms with E-state index in [1.165, 1.54) is 109 Å². The lowest BCUT2D eigenvalue weighted by molar-refractivity contribution is 1.31. The van der Waals surface area contributed by atoms with Crippen LogP contribution >= 0.6 is 0 Å². The van der Waals surface area contributed by atoms with Crippen molar-refractivity contribution in [2.24, 2.45) is 0 Å². The smallest absolute Gasteiger partial charge is 0.116 e. The zero-order chi connectivity index (χ0) is 42.9. The third-order valence-electron chi connectivity index (χ3n) is 14.7. The van der Waals surface area contributed by atoms with Crippen LogP contribution in [0, 0.1) is 0 Å². The van der Waals surface area contributed by atoms with Crippen LogP contribution in [0.4, 0.5) is 34.1 Å². The van der Waals surface area contributed by atoms with Crippen LogP contribution in [0.25, 0.3) is 65.3 Å². The molecule has 0 atom stereocenters. The van der Waals surface area contributed by atoms with Crippen molar-refractivity contribution in [2.75, 3.05) is 9.80 Å². The van der Waals surface area contributed by atoms with Gasteiger partial charge in [0.05, 0.1) is 11.4 Å². The van der Waals surface area contributed by atoms with Crippen molar-refractivity contribution in [1.82, 2.24) is 0 Å². The Morgan fingerprint density at radius 3 is 1.08 bits per heavy atom. The first-order chi connectivity index (χ1) is 31.3. The van der Waals surface area contributed by atoms with Crippen LogP contribution < -0.4 is 30.5 Å². The van der Waals surface area contributed by atoms with Crippen LogP contribution in [0.1, 0.15) is 0 Å². The van der Waals surface area contributed by atoms with Gasteiger partial charge in [0.2, 0.25) is 0 Å². The van der Waals surface area contributed by atoms with Gasteiger partial charge >= 0.3 is 0 Å². The van der Waals surface area contributed by atoms with E-state index >= 15 is 0 Å². The molecule has 4 heteroatoms. The summed E-state index contributed by atoms with van der Waals surface area (Å²) in [5.41, 5.74) is 12.8. The maximum atomic E-state index is 2.59. The highest BCUT2D eigenvalue weighted by molar-refractivity contribution is 7.05. The minimum atomic E-state index is -2.11. The number of benzene rings is 11. The Bertz CT molecular complexity index is 3440. The Balaban J connectivity index is 1.14. The van der Waals surface area contributed by atoms with Gasteiger partial charge in [0.1, 0.15) is 16.1 Å². The van der Waals surface area contributed by atoms with E-state index in [9.17, 15) is 0 Å². The summed E-state index contributed by atoms with van der Waals surface area (Å²) in [6.07, 6.45) is 0. The molecular weight excluding hydrogens is 805 g/mol. The first kappa shape index (κ1) is 37.3. The molecule has 2 nitrogen and oxygen atoms in total. The first-order valence-electron chi connectivity index (χ1n) is 22.6. The van der Waals surface area contributed by atoms with Gasteiger partial charge in [0.15, 0.2) is 0 Å². The number of rotatable bonds is 6. The van der Waals surface area contributed by atoms with E-state index in [-0.39, 0.29) is 0 Å². The predicted molar refractivity (Wildman–Crippen MR) is 281 cm³/mol. The molecule has 2 heterocycles. The summed E-state index contributed by atoms with van der Waals surface area (Å²) in [6, 6.07) is 77.9. The quantitative estimate of drug-likeness (QED) is 0.0934. The molecule has 0 spiro atoms. The summed E-state index contributed by atoms with van der Waals surface area (Å²) >= 11 is 0. The fourth-order valence-electron chi connectivity index (χ4n) is 12.0. The molecule has 11 aromatic rings. The van der Waals surface area contributed by atoms with Crippen LogP contribution in [0.15, 0.2) is 206 Å². The largest absolute Gasteiger partial charge is 0.310 e. The van der Waals surface area contributed by atoms with Crippen molar-refractivity contribution in [3.05, 3.63) is 206 Å². The van der Waals surface area contributed by atoms with Gasteiger partial charge in [0.25, 0.3) is 0 Å². The minimum absolute atomic E-state index is 1.16. The van der Waals surface area contributed by atoms with E-state index in [1.54, 1.807) is 0 Å². The summed E-state index contributed by atoms with van der Waals surface area (Å²) in [5.74, 6) is 0. The highest BCUT2D eigenvalue weighted by atomic mass is 28.3. The van der Waals surface area contributed by atoms with E-state index in [1.807, 2.05) is 0 Å². The topological polar surface area (TPSA) is 6.48 Å². The number of fused-ring (bicyclic) bond motifs is 9. The monoisotopic (exact) mass is 850 g/mol. The molecule has 0 saturated carbocycles. The van der Waals surface area contributed by atoms with Crippen LogP contribution in [0.5, 0.6) is 0 Å². The number of para-hydroxylation sites is 2. The van der Waals surface area contributed by atoms with Crippen molar-refractivity contribution >= 4 is 114 Å². The highest BCUT2D eigenvalue weighted by Crippen LogP contribution is 2.52. The second-order valence-electron chi connectivity index (χ2n) is 18.8. The van der Waals surface area contributed by atoms with Crippen LogP contribution in [-0.4, -0.2) is 16.1 Å². The Kier molecular flexibility index (Phi) is 7.95. The maximum Gasteiger partial charge on any atom is 0.116 e. The molecule has 0 fully saturated rings. The van der Waals surface area contributed by atoms with Crippen LogP contribution in [-0.2, 0) is 0 Å². The van der Waals surface area contributed by atoms with Crippen molar-refractivity contribution in [3.63, 3.8) is 0 Å². The second kappa shape index (κ2) is 13.6. The van der Waals surface area contributed by atoms with Gasteiger partial charge in [-0.05, 0) is 113 Å². The molecule has 0 N–H and O–H groups in total. The molecule has 0 amide bonds. The molecule has 13 rings (SSSR count). The summed E-state index contributed by atoms with van der Waals surface area (Å²) in [5, 5.41) is 16.3. The molecular formula is C60H46N2Si2. The third-order valence-corrected chi connectivity index (χ3v) is 21.8. The average Bonchev–Trinajstić information content (AvgIpc) is 3.72. The first-order valence-corrected chi connectivity index (χ1v) is 28.6.